The van der Waals surface area contributed by atoms with Gasteiger partial charge in [0.1, 0.15) is 6.54 Å². The van der Waals surface area contributed by atoms with Crippen molar-refractivity contribution in [3.63, 3.8) is 0 Å². The minimum Gasteiger partial charge on any atom is -0.353 e. The van der Waals surface area contributed by atoms with Crippen molar-refractivity contribution in [1.29, 1.82) is 0 Å². The molecule has 1 amide bonds. The molecule has 2 rings (SSSR count). The van der Waals surface area contributed by atoms with Crippen molar-refractivity contribution in [3.05, 3.63) is 36.0 Å². The van der Waals surface area contributed by atoms with Gasteiger partial charge in [0.25, 0.3) is 0 Å². The number of carbonyl (C=O) groups excluding carboxylic acids is 1. The van der Waals surface area contributed by atoms with Crippen molar-refractivity contribution >= 4 is 16.8 Å². The zero-order valence-corrected chi connectivity index (χ0v) is 15.0. The molecular weight excluding hydrogens is 286 g/mol. The standard InChI is InChI=1S/C19H29N3O/c1-14(2)21(15(3)4)11-10-20-19(23)13-22-16(5)12-17-8-6-7-9-18(17)22/h6-9,12,14-15H,10-11,13H2,1-5H3,(H,20,23). The molecule has 4 heteroatoms. The zero-order chi connectivity index (χ0) is 17.0. The highest BCUT2D eigenvalue weighted by Crippen LogP contribution is 2.18. The van der Waals surface area contributed by atoms with Crippen LogP contribution in [0.4, 0.5) is 0 Å². The third-order valence-electron chi connectivity index (χ3n) is 4.34. The molecule has 0 atom stereocenters. The van der Waals surface area contributed by atoms with Crippen molar-refractivity contribution in [2.45, 2.75) is 53.2 Å². The van der Waals surface area contributed by atoms with Crippen LogP contribution in [0.25, 0.3) is 10.9 Å². The van der Waals surface area contributed by atoms with Gasteiger partial charge in [-0.15, -0.1) is 0 Å². The van der Waals surface area contributed by atoms with Gasteiger partial charge in [-0.1, -0.05) is 18.2 Å². The van der Waals surface area contributed by atoms with Gasteiger partial charge in [-0.2, -0.15) is 0 Å². The second-order valence-corrected chi connectivity index (χ2v) is 6.71. The lowest BCUT2D eigenvalue weighted by Crippen LogP contribution is -2.43. The summed E-state index contributed by atoms with van der Waals surface area (Å²) in [6.07, 6.45) is 0. The second kappa shape index (κ2) is 7.64. The van der Waals surface area contributed by atoms with Crippen LogP contribution in [0.1, 0.15) is 33.4 Å². The fourth-order valence-electron chi connectivity index (χ4n) is 3.19. The van der Waals surface area contributed by atoms with Crippen LogP contribution < -0.4 is 5.32 Å². The van der Waals surface area contributed by atoms with E-state index in [0.29, 0.717) is 25.2 Å². The van der Waals surface area contributed by atoms with Crippen LogP contribution in [-0.4, -0.2) is 40.5 Å². The van der Waals surface area contributed by atoms with E-state index in [2.05, 4.69) is 60.7 Å². The molecule has 23 heavy (non-hydrogen) atoms. The Labute approximate surface area is 139 Å². The summed E-state index contributed by atoms with van der Waals surface area (Å²) in [4.78, 5) is 14.7. The van der Waals surface area contributed by atoms with Gasteiger partial charge in [-0.3, -0.25) is 9.69 Å². The van der Waals surface area contributed by atoms with Crippen LogP contribution in [0.15, 0.2) is 30.3 Å². The number of aryl methyl sites for hydroxylation is 1. The number of hydrogen-bond acceptors (Lipinski definition) is 2. The van der Waals surface area contributed by atoms with Gasteiger partial charge in [0.05, 0.1) is 0 Å². The number of aromatic nitrogens is 1. The number of nitrogens with one attached hydrogen (secondary N) is 1. The molecule has 0 fully saturated rings. The SMILES string of the molecule is Cc1cc2ccccc2n1CC(=O)NCCN(C(C)C)C(C)C. The fraction of sp³-hybridized carbons (Fsp3) is 0.526. The molecule has 4 nitrogen and oxygen atoms in total. The minimum absolute atomic E-state index is 0.0712. The van der Waals surface area contributed by atoms with Gasteiger partial charge < -0.3 is 9.88 Å². The first-order valence-electron chi connectivity index (χ1n) is 8.47. The maximum atomic E-state index is 12.3. The fourth-order valence-corrected chi connectivity index (χ4v) is 3.19. The molecule has 0 spiro atoms. The Bertz CT molecular complexity index is 650. The van der Waals surface area contributed by atoms with Crippen LogP contribution in [0.2, 0.25) is 0 Å². The predicted octanol–water partition coefficient (Wildman–Crippen LogP) is 3.18. The van der Waals surface area contributed by atoms with Gasteiger partial charge >= 0.3 is 0 Å². The van der Waals surface area contributed by atoms with E-state index in [0.717, 1.165) is 17.8 Å². The molecule has 1 aromatic carbocycles. The smallest absolute Gasteiger partial charge is 0.239 e. The molecule has 0 bridgehead atoms. The molecular formula is C19H29N3O. The molecule has 1 heterocycles. The summed E-state index contributed by atoms with van der Waals surface area (Å²) < 4.78 is 2.08. The Morgan fingerprint density at radius 1 is 1.17 bits per heavy atom. The highest BCUT2D eigenvalue weighted by Gasteiger charge is 2.14. The maximum absolute atomic E-state index is 12.3. The molecule has 0 unspecified atom stereocenters. The van der Waals surface area contributed by atoms with E-state index in [4.69, 9.17) is 0 Å². The highest BCUT2D eigenvalue weighted by molar-refractivity contribution is 5.84. The van der Waals surface area contributed by atoms with Gasteiger partial charge in [0.15, 0.2) is 0 Å². The predicted molar refractivity (Wildman–Crippen MR) is 96.7 cm³/mol. The van der Waals surface area contributed by atoms with E-state index in [1.54, 1.807) is 0 Å². The number of nitrogens with zero attached hydrogens (tertiary/aromatic N) is 2. The number of fused-ring (bicyclic) bond motifs is 1. The van der Waals surface area contributed by atoms with Crippen molar-refractivity contribution in [2.75, 3.05) is 13.1 Å². The number of benzene rings is 1. The monoisotopic (exact) mass is 315 g/mol. The van der Waals surface area contributed by atoms with Crippen LogP contribution in [0.3, 0.4) is 0 Å². The summed E-state index contributed by atoms with van der Waals surface area (Å²) in [5, 5.41) is 4.24. The minimum atomic E-state index is 0.0712. The van der Waals surface area contributed by atoms with Crippen molar-refractivity contribution in [2.24, 2.45) is 0 Å². The van der Waals surface area contributed by atoms with Crippen molar-refractivity contribution in [1.82, 2.24) is 14.8 Å². The second-order valence-electron chi connectivity index (χ2n) is 6.71. The molecule has 0 saturated carbocycles. The van der Waals surface area contributed by atoms with Crippen molar-refractivity contribution < 1.29 is 4.79 Å². The van der Waals surface area contributed by atoms with Gasteiger partial charge in [0, 0.05) is 36.4 Å². The average Bonchev–Trinajstić information content (AvgIpc) is 2.79. The number of rotatable bonds is 7. The molecule has 0 saturated heterocycles. The molecule has 0 aliphatic rings. The molecule has 0 aliphatic heterocycles. The first-order valence-corrected chi connectivity index (χ1v) is 8.47. The summed E-state index contributed by atoms with van der Waals surface area (Å²) in [6, 6.07) is 11.3. The van der Waals surface area contributed by atoms with E-state index in [-0.39, 0.29) is 5.91 Å². The topological polar surface area (TPSA) is 37.3 Å². The van der Waals surface area contributed by atoms with E-state index >= 15 is 0 Å². The zero-order valence-electron chi connectivity index (χ0n) is 15.0. The van der Waals surface area contributed by atoms with Crippen LogP contribution in [0, 0.1) is 6.92 Å². The lowest BCUT2D eigenvalue weighted by Gasteiger charge is -2.30. The largest absolute Gasteiger partial charge is 0.353 e. The summed E-state index contributed by atoms with van der Waals surface area (Å²) in [6.45, 7) is 12.8. The third kappa shape index (κ3) is 4.35. The summed E-state index contributed by atoms with van der Waals surface area (Å²) in [5.74, 6) is 0.0712. The molecule has 2 aromatic rings. The summed E-state index contributed by atoms with van der Waals surface area (Å²) >= 11 is 0. The molecule has 1 aromatic heterocycles. The number of carbonyl (C=O) groups is 1. The molecule has 126 valence electrons. The Morgan fingerprint density at radius 2 is 1.83 bits per heavy atom. The van der Waals surface area contributed by atoms with Crippen LogP contribution in [-0.2, 0) is 11.3 Å². The number of para-hydroxylation sites is 1. The average molecular weight is 315 g/mol. The van der Waals surface area contributed by atoms with Gasteiger partial charge in [0.2, 0.25) is 5.91 Å². The van der Waals surface area contributed by atoms with Crippen LogP contribution in [0.5, 0.6) is 0 Å². The summed E-state index contributed by atoms with van der Waals surface area (Å²) in [7, 11) is 0. The maximum Gasteiger partial charge on any atom is 0.239 e. The first-order chi connectivity index (χ1) is 10.9. The van der Waals surface area contributed by atoms with Gasteiger partial charge in [-0.25, -0.2) is 0 Å². The Morgan fingerprint density at radius 3 is 2.48 bits per heavy atom. The molecule has 0 aliphatic carbocycles. The highest BCUT2D eigenvalue weighted by atomic mass is 16.1. The van der Waals surface area contributed by atoms with E-state index < -0.39 is 0 Å². The molecule has 1 N–H and O–H groups in total. The Hall–Kier alpha value is -1.81. The normalized spacial score (nSPS) is 11.8. The Balaban J connectivity index is 1.93. The van der Waals surface area contributed by atoms with E-state index in [9.17, 15) is 4.79 Å². The number of hydrogen-bond donors (Lipinski definition) is 1. The first kappa shape index (κ1) is 17.5. The quantitative estimate of drug-likeness (QED) is 0.852. The molecule has 0 radical (unpaired) electrons. The van der Waals surface area contributed by atoms with E-state index in [1.807, 2.05) is 19.1 Å². The lowest BCUT2D eigenvalue weighted by atomic mass is 10.2. The third-order valence-corrected chi connectivity index (χ3v) is 4.34. The number of amides is 1. The van der Waals surface area contributed by atoms with E-state index in [1.165, 1.54) is 5.39 Å². The summed E-state index contributed by atoms with van der Waals surface area (Å²) in [5.41, 5.74) is 2.23. The van der Waals surface area contributed by atoms with Gasteiger partial charge in [-0.05, 0) is 52.1 Å². The van der Waals surface area contributed by atoms with Crippen molar-refractivity contribution in [3.8, 4) is 0 Å². The Kier molecular flexibility index (Phi) is 5.83. The van der Waals surface area contributed by atoms with Crippen LogP contribution >= 0.6 is 0 Å². The lowest BCUT2D eigenvalue weighted by molar-refractivity contribution is -0.121.